The molecule has 0 radical (unpaired) electrons. The van der Waals surface area contributed by atoms with Crippen molar-refractivity contribution in [2.45, 2.75) is 0 Å². The molecule has 0 aliphatic heterocycles. The Labute approximate surface area is 291 Å². The number of hydrogen-bond acceptors (Lipinski definition) is 5. The van der Waals surface area contributed by atoms with Gasteiger partial charge in [0.25, 0.3) is 0 Å². The summed E-state index contributed by atoms with van der Waals surface area (Å²) < 4.78 is 115. The average molecular weight is 628 g/mol. The number of hydrogen-bond donors (Lipinski definition) is 0. The molecular weight excluding hydrogens is 590 g/mol. The van der Waals surface area contributed by atoms with Crippen molar-refractivity contribution in [1.29, 1.82) is 0 Å². The highest BCUT2D eigenvalue weighted by molar-refractivity contribution is 6.16. The number of para-hydroxylation sites is 2. The monoisotopic (exact) mass is 627 g/mol. The molecule has 10 aromatic rings. The lowest BCUT2D eigenvalue weighted by atomic mass is 9.93. The lowest BCUT2D eigenvalue weighted by molar-refractivity contribution is 0.668. The van der Waals surface area contributed by atoms with Crippen LogP contribution in [0.1, 0.15) is 16.4 Å². The van der Waals surface area contributed by atoms with Gasteiger partial charge < -0.3 is 8.83 Å². The van der Waals surface area contributed by atoms with Gasteiger partial charge in [0.05, 0.1) is 16.4 Å². The molecule has 0 spiro atoms. The van der Waals surface area contributed by atoms with Gasteiger partial charge in [-0.25, -0.2) is 15.0 Å². The summed E-state index contributed by atoms with van der Waals surface area (Å²) in [6, 6.07) is 18.1. The van der Waals surface area contributed by atoms with Gasteiger partial charge in [-0.2, -0.15) is 0 Å². The van der Waals surface area contributed by atoms with Crippen LogP contribution in [0.2, 0.25) is 0 Å². The van der Waals surface area contributed by atoms with Gasteiger partial charge in [-0.3, -0.25) is 0 Å². The molecule has 224 valence electrons. The van der Waals surface area contributed by atoms with Crippen LogP contribution in [0.15, 0.2) is 160 Å². The molecule has 7 aromatic carbocycles. The minimum atomic E-state index is -0.516. The molecule has 0 fully saturated rings. The fourth-order valence-corrected chi connectivity index (χ4v) is 6.26. The highest BCUT2D eigenvalue weighted by atomic mass is 16.3. The van der Waals surface area contributed by atoms with Gasteiger partial charge in [0, 0.05) is 38.2 Å². The quantitative estimate of drug-likeness (QED) is 0.194. The average Bonchev–Trinajstić information content (AvgIpc) is 3.84. The molecule has 5 heteroatoms. The van der Waals surface area contributed by atoms with Crippen molar-refractivity contribution in [3.63, 3.8) is 0 Å². The second-order valence-electron chi connectivity index (χ2n) is 11.0. The largest absolute Gasteiger partial charge is 0.456 e. The lowest BCUT2D eigenvalue weighted by Crippen LogP contribution is -2.01. The van der Waals surface area contributed by atoms with Gasteiger partial charge in [0.15, 0.2) is 17.5 Å². The standard InChI is InChI=1S/C43H25N3O2/c1-2-12-26(13-3-1)41-44-42(46-43(45-41)34-21-11-25-38-40(34)33-15-5-7-23-36(33)48-38)31-20-9-16-27-28(17-8-18-29(27)31)30-19-10-24-37-39(30)32-14-4-6-22-35(32)47-37/h1-25H/i4D,5D,6D,7D,10D,14D,19D,21D,22D,23D,24D,25D. The number of rotatable bonds is 4. The maximum absolute atomic E-state index is 9.17. The summed E-state index contributed by atoms with van der Waals surface area (Å²) in [6.45, 7) is 0. The molecule has 0 atom stereocenters. The number of aromatic nitrogens is 3. The Morgan fingerprint density at radius 3 is 1.88 bits per heavy atom. The first kappa shape index (κ1) is 17.4. The minimum Gasteiger partial charge on any atom is -0.456 e. The first-order chi connectivity index (χ1) is 28.8. The number of benzene rings is 7. The van der Waals surface area contributed by atoms with Crippen molar-refractivity contribution in [3.05, 3.63) is 151 Å². The third-order valence-electron chi connectivity index (χ3n) is 8.35. The number of nitrogens with zero attached hydrogens (tertiary/aromatic N) is 3. The normalized spacial score (nSPS) is 15.2. The van der Waals surface area contributed by atoms with Crippen LogP contribution in [0, 0.1) is 0 Å². The van der Waals surface area contributed by atoms with Gasteiger partial charge in [-0.15, -0.1) is 0 Å². The van der Waals surface area contributed by atoms with Gasteiger partial charge in [-0.05, 0) is 46.1 Å². The van der Waals surface area contributed by atoms with E-state index in [0.29, 0.717) is 27.5 Å². The van der Waals surface area contributed by atoms with Crippen LogP contribution in [-0.2, 0) is 0 Å². The van der Waals surface area contributed by atoms with Crippen LogP contribution in [0.5, 0.6) is 0 Å². The summed E-state index contributed by atoms with van der Waals surface area (Å²) in [5.41, 5.74) is 1.53. The Morgan fingerprint density at radius 1 is 0.375 bits per heavy atom. The van der Waals surface area contributed by atoms with Crippen molar-refractivity contribution >= 4 is 54.6 Å². The van der Waals surface area contributed by atoms with E-state index in [2.05, 4.69) is 0 Å². The van der Waals surface area contributed by atoms with Crippen molar-refractivity contribution in [1.82, 2.24) is 15.0 Å². The Bertz CT molecular complexity index is 3530. The van der Waals surface area contributed by atoms with Crippen LogP contribution in [0.25, 0.3) is 99.9 Å². The summed E-state index contributed by atoms with van der Waals surface area (Å²) in [4.78, 5) is 14.7. The van der Waals surface area contributed by atoms with E-state index < -0.39 is 36.3 Å². The SMILES string of the molecule is [2H]c1cc2c(oc3c([2H])cc([2H])c(-c4nc(-c5ccccc5)nc(-c5cccc6c(-c7c([2H])c([2H])c([2H])c8oc9c([2H])c([2H])c([2H])c([2H])c9c78)cccc56)n4)c32)c([2H])c1[2H]. The molecule has 0 saturated heterocycles. The summed E-state index contributed by atoms with van der Waals surface area (Å²) in [5, 5.41) is 1.74. The fourth-order valence-electron chi connectivity index (χ4n) is 6.26. The maximum Gasteiger partial charge on any atom is 0.164 e. The Balaban J connectivity index is 1.28. The van der Waals surface area contributed by atoms with Gasteiger partial charge in [0.1, 0.15) is 22.3 Å². The van der Waals surface area contributed by atoms with Crippen LogP contribution >= 0.6 is 0 Å². The summed E-state index contributed by atoms with van der Waals surface area (Å²) in [7, 11) is 0. The molecule has 3 aromatic heterocycles. The van der Waals surface area contributed by atoms with Crippen LogP contribution in [0.3, 0.4) is 0 Å². The summed E-state index contributed by atoms with van der Waals surface area (Å²) in [5.74, 6) is 0.458. The molecule has 48 heavy (non-hydrogen) atoms. The minimum absolute atomic E-state index is 0.00669. The molecule has 3 heterocycles. The van der Waals surface area contributed by atoms with E-state index in [0.717, 1.165) is 0 Å². The maximum atomic E-state index is 9.17. The first-order valence-electron chi connectivity index (χ1n) is 21.0. The predicted molar refractivity (Wildman–Crippen MR) is 194 cm³/mol. The van der Waals surface area contributed by atoms with Gasteiger partial charge in [-0.1, -0.05) is 127 Å². The molecule has 0 saturated carbocycles. The Kier molecular flexibility index (Phi) is 3.79. The van der Waals surface area contributed by atoms with Crippen LogP contribution in [-0.4, -0.2) is 15.0 Å². The molecule has 0 amide bonds. The molecule has 5 nitrogen and oxygen atoms in total. The van der Waals surface area contributed by atoms with E-state index in [4.69, 9.17) is 40.2 Å². The summed E-state index contributed by atoms with van der Waals surface area (Å²) in [6.07, 6.45) is 0. The summed E-state index contributed by atoms with van der Waals surface area (Å²) >= 11 is 0. The van der Waals surface area contributed by atoms with E-state index >= 15 is 0 Å². The molecule has 0 aliphatic rings. The zero-order valence-corrected chi connectivity index (χ0v) is 24.7. The third kappa shape index (κ3) is 4.08. The first-order valence-corrected chi connectivity index (χ1v) is 15.0. The molecule has 10 rings (SSSR count). The predicted octanol–water partition coefficient (Wildman–Crippen LogP) is 11.5. The van der Waals surface area contributed by atoms with E-state index in [1.807, 2.05) is 36.4 Å². The highest BCUT2D eigenvalue weighted by Crippen LogP contribution is 2.41. The Hall–Kier alpha value is -6.59. The molecule has 0 unspecified atom stereocenters. The molecule has 0 aliphatic carbocycles. The number of furan rings is 2. The van der Waals surface area contributed by atoms with E-state index in [9.17, 15) is 0 Å². The molecule has 0 N–H and O–H groups in total. The Morgan fingerprint density at radius 2 is 1.02 bits per heavy atom. The smallest absolute Gasteiger partial charge is 0.164 e. The molecular formula is C43H25N3O2. The molecule has 0 bridgehead atoms. The van der Waals surface area contributed by atoms with Crippen molar-refractivity contribution < 1.29 is 25.3 Å². The van der Waals surface area contributed by atoms with Crippen molar-refractivity contribution in [2.75, 3.05) is 0 Å². The van der Waals surface area contributed by atoms with Gasteiger partial charge >= 0.3 is 0 Å². The van der Waals surface area contributed by atoms with E-state index in [1.54, 1.807) is 30.3 Å². The fraction of sp³-hybridized carbons (Fsp3) is 0. The number of fused-ring (bicyclic) bond motifs is 7. The third-order valence-corrected chi connectivity index (χ3v) is 8.35. The van der Waals surface area contributed by atoms with Gasteiger partial charge in [0.2, 0.25) is 0 Å². The van der Waals surface area contributed by atoms with E-state index in [1.165, 1.54) is 12.1 Å². The van der Waals surface area contributed by atoms with E-state index in [-0.39, 0.29) is 109 Å². The lowest BCUT2D eigenvalue weighted by Gasteiger charge is -2.13. The second kappa shape index (κ2) is 10.5. The van der Waals surface area contributed by atoms with Crippen molar-refractivity contribution in [3.8, 4) is 45.3 Å². The van der Waals surface area contributed by atoms with Crippen LogP contribution in [0.4, 0.5) is 0 Å². The van der Waals surface area contributed by atoms with Crippen LogP contribution < -0.4 is 0 Å². The second-order valence-corrected chi connectivity index (χ2v) is 11.0. The van der Waals surface area contributed by atoms with Crippen molar-refractivity contribution in [2.24, 2.45) is 0 Å². The zero-order chi connectivity index (χ0) is 42.0. The highest BCUT2D eigenvalue weighted by Gasteiger charge is 2.20. The zero-order valence-electron chi connectivity index (χ0n) is 36.7. The topological polar surface area (TPSA) is 65.0 Å².